The van der Waals surface area contributed by atoms with Gasteiger partial charge >= 0.3 is 5.97 Å². The quantitative estimate of drug-likeness (QED) is 0.811. The minimum atomic E-state index is -0.922. The molecule has 2 aromatic rings. The van der Waals surface area contributed by atoms with E-state index in [-0.39, 0.29) is 12.3 Å². The maximum atomic E-state index is 12.0. The highest BCUT2D eigenvalue weighted by Gasteiger charge is 2.09. The summed E-state index contributed by atoms with van der Waals surface area (Å²) in [5.74, 6) is -0.941. The van der Waals surface area contributed by atoms with Crippen molar-refractivity contribution in [2.75, 3.05) is 11.9 Å². The van der Waals surface area contributed by atoms with Crippen LogP contribution in [0.25, 0.3) is 0 Å². The fourth-order valence-corrected chi connectivity index (χ4v) is 2.15. The van der Waals surface area contributed by atoms with Crippen LogP contribution in [0.5, 0.6) is 0 Å². The number of hydrogen-bond acceptors (Lipinski definition) is 4. The highest BCUT2D eigenvalue weighted by Crippen LogP contribution is 2.17. The molecule has 0 radical (unpaired) electrons. The molecule has 0 amide bonds. The Labute approximate surface area is 108 Å². The van der Waals surface area contributed by atoms with E-state index in [0.717, 1.165) is 0 Å². The number of carboxylic acids is 1. The van der Waals surface area contributed by atoms with Crippen molar-refractivity contribution in [3.05, 3.63) is 52.2 Å². The molecule has 0 saturated carbocycles. The molecule has 1 heterocycles. The van der Waals surface area contributed by atoms with E-state index in [1.807, 2.05) is 11.4 Å². The number of carbonyl (C=O) groups is 2. The van der Waals surface area contributed by atoms with Gasteiger partial charge in [0.2, 0.25) is 5.78 Å². The van der Waals surface area contributed by atoms with E-state index < -0.39 is 5.97 Å². The van der Waals surface area contributed by atoms with Crippen molar-refractivity contribution in [1.29, 1.82) is 0 Å². The first-order valence-corrected chi connectivity index (χ1v) is 6.19. The van der Waals surface area contributed by atoms with Gasteiger partial charge in [-0.2, -0.15) is 0 Å². The Balaban J connectivity index is 2.08. The summed E-state index contributed by atoms with van der Waals surface area (Å²) in [6, 6.07) is 10.4. The minimum absolute atomic E-state index is 0.0187. The van der Waals surface area contributed by atoms with Crippen LogP contribution in [-0.2, 0) is 4.79 Å². The monoisotopic (exact) mass is 261 g/mol. The van der Waals surface area contributed by atoms with Crippen LogP contribution in [0.1, 0.15) is 15.2 Å². The first-order valence-electron chi connectivity index (χ1n) is 5.31. The number of ketones is 1. The van der Waals surface area contributed by atoms with Gasteiger partial charge < -0.3 is 10.4 Å². The Bertz CT molecular complexity index is 546. The third-order valence-corrected chi connectivity index (χ3v) is 3.20. The first kappa shape index (κ1) is 12.3. The van der Waals surface area contributed by atoms with Crippen LogP contribution in [0.3, 0.4) is 0 Å². The number of aliphatic carboxylic acids is 1. The largest absolute Gasteiger partial charge is 0.480 e. The zero-order valence-corrected chi connectivity index (χ0v) is 10.2. The Morgan fingerprint density at radius 2 is 1.89 bits per heavy atom. The molecule has 4 nitrogen and oxygen atoms in total. The molecule has 0 fully saturated rings. The number of benzene rings is 1. The van der Waals surface area contributed by atoms with Gasteiger partial charge in [0.05, 0.1) is 4.88 Å². The standard InChI is InChI=1S/C13H11NO3S/c15-12(16)8-14-10-5-3-9(4-6-10)13(17)11-2-1-7-18-11/h1-7,14H,8H2,(H,15,16). The molecule has 0 unspecified atom stereocenters. The van der Waals surface area contributed by atoms with E-state index in [2.05, 4.69) is 5.32 Å². The first-order chi connectivity index (χ1) is 8.66. The third-order valence-electron chi connectivity index (χ3n) is 2.34. The molecule has 5 heteroatoms. The van der Waals surface area contributed by atoms with Crippen molar-refractivity contribution in [3.63, 3.8) is 0 Å². The molecule has 2 rings (SSSR count). The van der Waals surface area contributed by atoms with Gasteiger partial charge in [-0.25, -0.2) is 0 Å². The lowest BCUT2D eigenvalue weighted by atomic mass is 10.1. The molecule has 0 aliphatic rings. The zero-order valence-electron chi connectivity index (χ0n) is 9.42. The summed E-state index contributed by atoms with van der Waals surface area (Å²) in [5.41, 5.74) is 1.28. The zero-order chi connectivity index (χ0) is 13.0. The van der Waals surface area contributed by atoms with E-state index in [1.165, 1.54) is 11.3 Å². The molecule has 2 N–H and O–H groups in total. The van der Waals surface area contributed by atoms with Gasteiger partial charge in [0.15, 0.2) is 0 Å². The summed E-state index contributed by atoms with van der Waals surface area (Å²) in [5, 5.41) is 13.1. The second kappa shape index (κ2) is 5.46. The highest BCUT2D eigenvalue weighted by atomic mass is 32.1. The van der Waals surface area contributed by atoms with Gasteiger partial charge in [-0.3, -0.25) is 9.59 Å². The molecule has 0 aliphatic carbocycles. The molecule has 0 atom stereocenters. The Kier molecular flexibility index (Phi) is 3.74. The maximum absolute atomic E-state index is 12.0. The molecule has 0 spiro atoms. The van der Waals surface area contributed by atoms with Gasteiger partial charge in [0, 0.05) is 11.3 Å². The van der Waals surface area contributed by atoms with Crippen molar-refractivity contribution >= 4 is 28.8 Å². The average Bonchev–Trinajstić information content (AvgIpc) is 2.90. The van der Waals surface area contributed by atoms with Gasteiger partial charge in [0.1, 0.15) is 6.54 Å². The lowest BCUT2D eigenvalue weighted by molar-refractivity contribution is -0.134. The Hall–Kier alpha value is -2.14. The number of hydrogen-bond donors (Lipinski definition) is 2. The number of rotatable bonds is 5. The lowest BCUT2D eigenvalue weighted by Gasteiger charge is -2.04. The molecule has 1 aromatic carbocycles. The summed E-state index contributed by atoms with van der Waals surface area (Å²) < 4.78 is 0. The molecular weight excluding hydrogens is 250 g/mol. The lowest BCUT2D eigenvalue weighted by Crippen LogP contribution is -2.12. The van der Waals surface area contributed by atoms with Crippen molar-refractivity contribution < 1.29 is 14.7 Å². The average molecular weight is 261 g/mol. The highest BCUT2D eigenvalue weighted by molar-refractivity contribution is 7.12. The number of carbonyl (C=O) groups excluding carboxylic acids is 1. The maximum Gasteiger partial charge on any atom is 0.322 e. The van der Waals surface area contributed by atoms with Gasteiger partial charge in [-0.05, 0) is 35.7 Å². The van der Waals surface area contributed by atoms with Gasteiger partial charge in [0.25, 0.3) is 0 Å². The van der Waals surface area contributed by atoms with Crippen molar-refractivity contribution in [1.82, 2.24) is 0 Å². The molecular formula is C13H11NO3S. The number of nitrogens with one attached hydrogen (secondary N) is 1. The van der Waals surface area contributed by atoms with E-state index in [0.29, 0.717) is 16.1 Å². The van der Waals surface area contributed by atoms with E-state index in [1.54, 1.807) is 30.3 Å². The predicted molar refractivity (Wildman–Crippen MR) is 70.3 cm³/mol. The predicted octanol–water partition coefficient (Wildman–Crippen LogP) is 2.48. The second-order valence-corrected chi connectivity index (χ2v) is 4.58. The van der Waals surface area contributed by atoms with Crippen LogP contribution in [0.4, 0.5) is 5.69 Å². The fraction of sp³-hybridized carbons (Fsp3) is 0.0769. The van der Waals surface area contributed by atoms with Crippen LogP contribution in [0.15, 0.2) is 41.8 Å². The van der Waals surface area contributed by atoms with Gasteiger partial charge in [-0.15, -0.1) is 11.3 Å². The summed E-state index contributed by atoms with van der Waals surface area (Å²) in [6.07, 6.45) is 0. The molecule has 92 valence electrons. The fourth-order valence-electron chi connectivity index (χ4n) is 1.47. The topological polar surface area (TPSA) is 66.4 Å². The normalized spacial score (nSPS) is 10.0. The van der Waals surface area contributed by atoms with Crippen LogP contribution in [0.2, 0.25) is 0 Å². The molecule has 0 bridgehead atoms. The van der Waals surface area contributed by atoms with Crippen LogP contribution in [-0.4, -0.2) is 23.4 Å². The van der Waals surface area contributed by atoms with Crippen molar-refractivity contribution in [2.45, 2.75) is 0 Å². The number of anilines is 1. The summed E-state index contributed by atoms with van der Waals surface area (Å²) in [6.45, 7) is -0.141. The summed E-state index contributed by atoms with van der Waals surface area (Å²) in [7, 11) is 0. The smallest absolute Gasteiger partial charge is 0.322 e. The molecule has 18 heavy (non-hydrogen) atoms. The Morgan fingerprint density at radius 1 is 1.17 bits per heavy atom. The molecule has 0 aliphatic heterocycles. The second-order valence-electron chi connectivity index (χ2n) is 3.63. The van der Waals surface area contributed by atoms with Crippen LogP contribution < -0.4 is 5.32 Å². The van der Waals surface area contributed by atoms with Crippen molar-refractivity contribution in [2.24, 2.45) is 0 Å². The summed E-state index contributed by atoms with van der Waals surface area (Å²) in [4.78, 5) is 23.1. The number of thiophene rings is 1. The van der Waals surface area contributed by atoms with E-state index in [9.17, 15) is 9.59 Å². The summed E-state index contributed by atoms with van der Waals surface area (Å²) >= 11 is 1.40. The molecule has 1 aromatic heterocycles. The Morgan fingerprint density at radius 3 is 2.44 bits per heavy atom. The van der Waals surface area contributed by atoms with E-state index >= 15 is 0 Å². The van der Waals surface area contributed by atoms with Gasteiger partial charge in [-0.1, -0.05) is 6.07 Å². The van der Waals surface area contributed by atoms with Crippen molar-refractivity contribution in [3.8, 4) is 0 Å². The third kappa shape index (κ3) is 2.95. The molecule has 0 saturated heterocycles. The minimum Gasteiger partial charge on any atom is -0.480 e. The number of carboxylic acid groups (broad SMARTS) is 1. The van der Waals surface area contributed by atoms with E-state index in [4.69, 9.17) is 5.11 Å². The SMILES string of the molecule is O=C(O)CNc1ccc(C(=O)c2cccs2)cc1. The van der Waals surface area contributed by atoms with Crippen LogP contribution >= 0.6 is 11.3 Å². The van der Waals surface area contributed by atoms with Crippen LogP contribution in [0, 0.1) is 0 Å².